The lowest BCUT2D eigenvalue weighted by molar-refractivity contribution is -0.141. The van der Waals surface area contributed by atoms with Crippen molar-refractivity contribution in [2.75, 3.05) is 0 Å². The van der Waals surface area contributed by atoms with Gasteiger partial charge in [-0.1, -0.05) is 6.42 Å². The second kappa shape index (κ2) is 4.75. The molecule has 106 valence electrons. The second-order valence-corrected chi connectivity index (χ2v) is 5.18. The summed E-state index contributed by atoms with van der Waals surface area (Å²) in [4.78, 5) is 36.9. The Balaban J connectivity index is 1.75. The molecule has 1 saturated carbocycles. The van der Waals surface area contributed by atoms with E-state index in [9.17, 15) is 14.4 Å². The van der Waals surface area contributed by atoms with Crippen LogP contribution < -0.4 is 11.3 Å². The van der Waals surface area contributed by atoms with E-state index >= 15 is 0 Å². The Labute approximate surface area is 115 Å². The van der Waals surface area contributed by atoms with Crippen LogP contribution in [0.25, 0.3) is 0 Å². The van der Waals surface area contributed by atoms with Crippen LogP contribution in [-0.2, 0) is 16.1 Å². The molecule has 3 rings (SSSR count). The minimum atomic E-state index is -0.476. The van der Waals surface area contributed by atoms with Crippen LogP contribution in [0.4, 0.5) is 0 Å². The standard InChI is InChI=1S/C13H15N3O4/c14-15-11(17)7-4-8(20-6-7)5-16-12(18)9-2-1-3-10(9)13(16)19/h4,6,9-10H,1-3,5,14H2,(H,15,17). The molecule has 2 unspecified atom stereocenters. The van der Waals surface area contributed by atoms with Gasteiger partial charge >= 0.3 is 0 Å². The first-order chi connectivity index (χ1) is 9.61. The molecule has 1 aromatic rings. The number of hydrogen-bond acceptors (Lipinski definition) is 5. The van der Waals surface area contributed by atoms with Crippen LogP contribution in [-0.4, -0.2) is 22.6 Å². The maximum atomic E-state index is 12.2. The van der Waals surface area contributed by atoms with E-state index in [0.29, 0.717) is 5.76 Å². The number of carbonyl (C=O) groups is 3. The average molecular weight is 277 g/mol. The predicted octanol–water partition coefficient (Wildman–Crippen LogP) is 0.168. The number of rotatable bonds is 3. The number of amides is 3. The molecular formula is C13H15N3O4. The molecule has 7 nitrogen and oxygen atoms in total. The van der Waals surface area contributed by atoms with Gasteiger partial charge in [0.2, 0.25) is 11.8 Å². The Morgan fingerprint density at radius 1 is 1.35 bits per heavy atom. The Hall–Kier alpha value is -2.15. The van der Waals surface area contributed by atoms with Crippen molar-refractivity contribution < 1.29 is 18.8 Å². The van der Waals surface area contributed by atoms with Crippen LogP contribution in [0.15, 0.2) is 16.7 Å². The van der Waals surface area contributed by atoms with Crippen molar-refractivity contribution in [1.29, 1.82) is 0 Å². The van der Waals surface area contributed by atoms with Crippen molar-refractivity contribution >= 4 is 17.7 Å². The van der Waals surface area contributed by atoms with Crippen molar-refractivity contribution in [2.45, 2.75) is 25.8 Å². The molecule has 0 bridgehead atoms. The summed E-state index contributed by atoms with van der Waals surface area (Å²) in [5.74, 6) is 4.36. The van der Waals surface area contributed by atoms with E-state index in [1.54, 1.807) is 0 Å². The van der Waals surface area contributed by atoms with Crippen molar-refractivity contribution in [1.82, 2.24) is 10.3 Å². The minimum absolute atomic E-state index is 0.0719. The lowest BCUT2D eigenvalue weighted by atomic mass is 10.00. The van der Waals surface area contributed by atoms with E-state index in [-0.39, 0.29) is 35.8 Å². The predicted molar refractivity (Wildman–Crippen MR) is 66.7 cm³/mol. The Kier molecular flexibility index (Phi) is 3.06. The van der Waals surface area contributed by atoms with Gasteiger partial charge in [-0.05, 0) is 18.9 Å². The summed E-state index contributed by atoms with van der Waals surface area (Å²) in [7, 11) is 0. The first-order valence-corrected chi connectivity index (χ1v) is 6.55. The van der Waals surface area contributed by atoms with Crippen LogP contribution in [0, 0.1) is 11.8 Å². The second-order valence-electron chi connectivity index (χ2n) is 5.18. The fraction of sp³-hybridized carbons (Fsp3) is 0.462. The smallest absolute Gasteiger partial charge is 0.268 e. The molecule has 3 N–H and O–H groups in total. The molecule has 1 aromatic heterocycles. The number of fused-ring (bicyclic) bond motifs is 1. The molecule has 1 saturated heterocycles. The molecule has 2 fully saturated rings. The molecule has 7 heteroatoms. The summed E-state index contributed by atoms with van der Waals surface area (Å²) >= 11 is 0. The SMILES string of the molecule is NNC(=O)c1coc(CN2C(=O)C3CCCC3C2=O)c1. The number of furan rings is 1. The average Bonchev–Trinajstić information content (AvgIpc) is 3.14. The topological polar surface area (TPSA) is 106 Å². The van der Waals surface area contributed by atoms with E-state index in [4.69, 9.17) is 10.3 Å². The van der Waals surface area contributed by atoms with Crippen LogP contribution >= 0.6 is 0 Å². The van der Waals surface area contributed by atoms with Crippen molar-refractivity contribution in [3.63, 3.8) is 0 Å². The number of nitrogens with two attached hydrogens (primary N) is 1. The van der Waals surface area contributed by atoms with E-state index in [1.165, 1.54) is 17.2 Å². The van der Waals surface area contributed by atoms with Gasteiger partial charge in [0.25, 0.3) is 5.91 Å². The normalized spacial score (nSPS) is 25.1. The molecule has 0 spiro atoms. The molecule has 1 aliphatic heterocycles. The van der Waals surface area contributed by atoms with E-state index in [2.05, 4.69) is 0 Å². The third kappa shape index (κ3) is 1.90. The summed E-state index contributed by atoms with van der Waals surface area (Å²) in [5, 5.41) is 0. The molecule has 2 atom stereocenters. The van der Waals surface area contributed by atoms with E-state index < -0.39 is 5.91 Å². The number of carbonyl (C=O) groups excluding carboxylic acids is 3. The molecule has 1 aliphatic carbocycles. The third-order valence-electron chi connectivity index (χ3n) is 4.04. The Morgan fingerprint density at radius 3 is 2.60 bits per heavy atom. The van der Waals surface area contributed by atoms with Gasteiger partial charge in [0.05, 0.1) is 23.9 Å². The van der Waals surface area contributed by atoms with Gasteiger partial charge in [-0.15, -0.1) is 0 Å². The number of imide groups is 1. The maximum Gasteiger partial charge on any atom is 0.268 e. The number of nitrogens with zero attached hydrogens (tertiary/aromatic N) is 1. The van der Waals surface area contributed by atoms with Crippen molar-refractivity contribution in [3.05, 3.63) is 23.7 Å². The summed E-state index contributed by atoms with van der Waals surface area (Å²) in [6.45, 7) is 0.0719. The zero-order valence-electron chi connectivity index (χ0n) is 10.8. The van der Waals surface area contributed by atoms with Crippen molar-refractivity contribution in [3.8, 4) is 0 Å². The molecular weight excluding hydrogens is 262 g/mol. The van der Waals surface area contributed by atoms with Gasteiger partial charge in [-0.3, -0.25) is 24.7 Å². The fourth-order valence-corrected chi connectivity index (χ4v) is 3.04. The largest absolute Gasteiger partial charge is 0.467 e. The number of likely N-dealkylation sites (tertiary alicyclic amines) is 1. The van der Waals surface area contributed by atoms with Crippen LogP contribution in [0.3, 0.4) is 0 Å². The summed E-state index contributed by atoms with van der Waals surface area (Å²) in [6, 6.07) is 1.48. The third-order valence-corrected chi connectivity index (χ3v) is 4.04. The molecule has 0 radical (unpaired) electrons. The van der Waals surface area contributed by atoms with Crippen LogP contribution in [0.2, 0.25) is 0 Å². The van der Waals surface area contributed by atoms with Crippen LogP contribution in [0.5, 0.6) is 0 Å². The minimum Gasteiger partial charge on any atom is -0.467 e. The zero-order valence-corrected chi connectivity index (χ0v) is 10.8. The summed E-state index contributed by atoms with van der Waals surface area (Å²) in [6.07, 6.45) is 3.75. The first kappa shape index (κ1) is 12.9. The lowest BCUT2D eigenvalue weighted by Gasteiger charge is -2.13. The van der Waals surface area contributed by atoms with Gasteiger partial charge in [-0.2, -0.15) is 0 Å². The van der Waals surface area contributed by atoms with Gasteiger partial charge < -0.3 is 4.42 Å². The first-order valence-electron chi connectivity index (χ1n) is 6.55. The Morgan fingerprint density at radius 2 is 2.00 bits per heavy atom. The van der Waals surface area contributed by atoms with Crippen molar-refractivity contribution in [2.24, 2.45) is 17.7 Å². The summed E-state index contributed by atoms with van der Waals surface area (Å²) in [5.41, 5.74) is 2.26. The highest BCUT2D eigenvalue weighted by molar-refractivity contribution is 6.05. The zero-order chi connectivity index (χ0) is 14.3. The number of hydrogen-bond donors (Lipinski definition) is 2. The van der Waals surface area contributed by atoms with E-state index in [1.807, 2.05) is 5.43 Å². The number of nitrogens with one attached hydrogen (secondary N) is 1. The monoisotopic (exact) mass is 277 g/mol. The highest BCUT2D eigenvalue weighted by atomic mass is 16.3. The van der Waals surface area contributed by atoms with Crippen LogP contribution in [0.1, 0.15) is 35.4 Å². The number of nitrogen functional groups attached to an aromatic ring is 1. The number of hydrazine groups is 1. The molecule has 20 heavy (non-hydrogen) atoms. The molecule has 3 amide bonds. The Bertz CT molecular complexity index is 558. The molecule has 2 aliphatic rings. The summed E-state index contributed by atoms with van der Waals surface area (Å²) < 4.78 is 5.21. The molecule has 0 aromatic carbocycles. The highest BCUT2D eigenvalue weighted by Gasteiger charge is 2.49. The van der Waals surface area contributed by atoms with Gasteiger partial charge in [0, 0.05) is 0 Å². The highest BCUT2D eigenvalue weighted by Crippen LogP contribution is 2.40. The lowest BCUT2D eigenvalue weighted by Crippen LogP contribution is -2.31. The quantitative estimate of drug-likeness (QED) is 0.354. The van der Waals surface area contributed by atoms with E-state index in [0.717, 1.165) is 19.3 Å². The fourth-order valence-electron chi connectivity index (χ4n) is 3.04. The van der Waals surface area contributed by atoms with Gasteiger partial charge in [0.1, 0.15) is 12.0 Å². The van der Waals surface area contributed by atoms with Gasteiger partial charge in [0.15, 0.2) is 0 Å². The molecule has 2 heterocycles. The maximum absolute atomic E-state index is 12.2. The van der Waals surface area contributed by atoms with Gasteiger partial charge in [-0.25, -0.2) is 5.84 Å².